The highest BCUT2D eigenvalue weighted by Crippen LogP contribution is 2.28. The molecule has 0 aliphatic heterocycles. The SMILES string of the molecule is C=C(C)NCC(C)C(=C)CC(CC(C)C)C(=C)C.C=C(N)/C=C/CCCC(C)Cc1ccccc1.COc1ccc(C)cc1C. The van der Waals surface area contributed by atoms with Crippen LogP contribution in [-0.2, 0) is 6.42 Å². The molecule has 0 saturated carbocycles. The zero-order chi connectivity index (χ0) is 34.4. The van der Waals surface area contributed by atoms with E-state index in [1.54, 1.807) is 7.11 Å². The van der Waals surface area contributed by atoms with Gasteiger partial charge >= 0.3 is 0 Å². The Kier molecular flexibility index (Phi) is 22.0. The highest BCUT2D eigenvalue weighted by molar-refractivity contribution is 5.35. The van der Waals surface area contributed by atoms with Crippen LogP contribution in [0.1, 0.15) is 90.3 Å². The molecule has 3 heteroatoms. The Hall–Kier alpha value is -3.46. The first-order valence-electron chi connectivity index (χ1n) is 16.6. The van der Waals surface area contributed by atoms with E-state index in [1.807, 2.05) is 32.1 Å². The number of allylic oxidation sites excluding steroid dienone is 4. The van der Waals surface area contributed by atoms with E-state index in [9.17, 15) is 0 Å². The molecule has 3 unspecified atom stereocenters. The maximum absolute atomic E-state index is 5.46. The molecule has 3 nitrogen and oxygen atoms in total. The molecule has 3 N–H and O–H groups in total. The molecule has 0 fully saturated rings. The molecule has 0 bridgehead atoms. The minimum absolute atomic E-state index is 0.482. The number of methoxy groups -OCH3 is 1. The van der Waals surface area contributed by atoms with Gasteiger partial charge in [-0.1, -0.05) is 126 Å². The molecular weight excluding hydrogens is 548 g/mol. The van der Waals surface area contributed by atoms with E-state index in [1.165, 1.54) is 53.5 Å². The molecule has 0 aliphatic rings. The van der Waals surface area contributed by atoms with Gasteiger partial charge in [0.2, 0.25) is 0 Å². The van der Waals surface area contributed by atoms with Gasteiger partial charge in [-0.15, -0.1) is 0 Å². The number of nitrogens with one attached hydrogen (secondary N) is 1. The van der Waals surface area contributed by atoms with E-state index in [4.69, 9.17) is 10.5 Å². The summed E-state index contributed by atoms with van der Waals surface area (Å²) in [4.78, 5) is 0. The topological polar surface area (TPSA) is 47.3 Å². The quantitative estimate of drug-likeness (QED) is 0.106. The van der Waals surface area contributed by atoms with Crippen LogP contribution in [0, 0.1) is 37.5 Å². The van der Waals surface area contributed by atoms with Crippen molar-refractivity contribution >= 4 is 0 Å². The molecule has 45 heavy (non-hydrogen) atoms. The average Bonchev–Trinajstić information content (AvgIpc) is 2.96. The Morgan fingerprint density at radius 1 is 0.956 bits per heavy atom. The Labute approximate surface area is 278 Å². The zero-order valence-corrected chi connectivity index (χ0v) is 30.3. The van der Waals surface area contributed by atoms with Gasteiger partial charge < -0.3 is 15.8 Å². The minimum Gasteiger partial charge on any atom is -0.496 e. The van der Waals surface area contributed by atoms with E-state index >= 15 is 0 Å². The van der Waals surface area contributed by atoms with Crippen LogP contribution in [0.3, 0.4) is 0 Å². The van der Waals surface area contributed by atoms with Gasteiger partial charge in [0, 0.05) is 17.9 Å². The summed E-state index contributed by atoms with van der Waals surface area (Å²) in [7, 11) is 1.69. The Morgan fingerprint density at radius 2 is 1.60 bits per heavy atom. The fourth-order valence-corrected chi connectivity index (χ4v) is 4.98. The highest BCUT2D eigenvalue weighted by atomic mass is 16.5. The van der Waals surface area contributed by atoms with Crippen molar-refractivity contribution in [3.63, 3.8) is 0 Å². The predicted octanol–water partition coefficient (Wildman–Crippen LogP) is 11.3. The van der Waals surface area contributed by atoms with Gasteiger partial charge in [0.1, 0.15) is 5.75 Å². The van der Waals surface area contributed by atoms with Crippen molar-refractivity contribution in [3.05, 3.63) is 126 Å². The molecule has 0 aromatic heterocycles. The minimum atomic E-state index is 0.482. The average molecular weight is 615 g/mol. The van der Waals surface area contributed by atoms with Gasteiger partial charge in [-0.05, 0) is 107 Å². The van der Waals surface area contributed by atoms with Crippen molar-refractivity contribution in [2.75, 3.05) is 13.7 Å². The molecule has 0 heterocycles. The van der Waals surface area contributed by atoms with Gasteiger partial charge in [0.05, 0.1) is 7.11 Å². The number of nitrogens with two attached hydrogens (primary N) is 1. The maximum atomic E-state index is 5.46. The van der Waals surface area contributed by atoms with Crippen LogP contribution < -0.4 is 15.8 Å². The summed E-state index contributed by atoms with van der Waals surface area (Å²) in [6, 6.07) is 16.8. The molecule has 2 aromatic carbocycles. The number of unbranched alkanes of at least 4 members (excludes halogenated alkanes) is 1. The van der Waals surface area contributed by atoms with Crippen molar-refractivity contribution in [2.24, 2.45) is 29.4 Å². The predicted molar refractivity (Wildman–Crippen MR) is 202 cm³/mol. The third kappa shape index (κ3) is 21.8. The smallest absolute Gasteiger partial charge is 0.121 e. The van der Waals surface area contributed by atoms with Gasteiger partial charge in [0.25, 0.3) is 0 Å². The van der Waals surface area contributed by atoms with Crippen molar-refractivity contribution in [1.82, 2.24) is 5.32 Å². The van der Waals surface area contributed by atoms with Crippen molar-refractivity contribution < 1.29 is 4.74 Å². The fourth-order valence-electron chi connectivity index (χ4n) is 4.98. The molecule has 0 aliphatic carbocycles. The molecule has 250 valence electrons. The molecular formula is C42H66N2O. The number of hydrogen-bond acceptors (Lipinski definition) is 3. The highest BCUT2D eigenvalue weighted by Gasteiger charge is 2.16. The van der Waals surface area contributed by atoms with Crippen LogP contribution in [0.15, 0.2) is 110 Å². The molecule has 0 saturated heterocycles. The van der Waals surface area contributed by atoms with Crippen LogP contribution in [0.2, 0.25) is 0 Å². The third-order valence-corrected chi connectivity index (χ3v) is 7.75. The lowest BCUT2D eigenvalue weighted by molar-refractivity contribution is 0.411. The molecule has 2 rings (SSSR count). The van der Waals surface area contributed by atoms with Crippen LogP contribution in [-0.4, -0.2) is 13.7 Å². The van der Waals surface area contributed by atoms with Crippen molar-refractivity contribution in [2.45, 2.75) is 93.9 Å². The summed E-state index contributed by atoms with van der Waals surface area (Å²) < 4.78 is 5.10. The van der Waals surface area contributed by atoms with E-state index in [2.05, 4.69) is 116 Å². The number of benzene rings is 2. The molecule has 3 atom stereocenters. The Balaban J connectivity index is 0.000000670. The lowest BCUT2D eigenvalue weighted by atomic mass is 9.83. The first-order valence-corrected chi connectivity index (χ1v) is 16.6. The van der Waals surface area contributed by atoms with Crippen LogP contribution in [0.25, 0.3) is 0 Å². The van der Waals surface area contributed by atoms with Gasteiger partial charge in [-0.3, -0.25) is 0 Å². The largest absolute Gasteiger partial charge is 0.496 e. The Morgan fingerprint density at radius 3 is 2.11 bits per heavy atom. The molecule has 0 spiro atoms. The molecule has 0 radical (unpaired) electrons. The summed E-state index contributed by atoms with van der Waals surface area (Å²) >= 11 is 0. The first kappa shape index (κ1) is 41.5. The van der Waals surface area contributed by atoms with Gasteiger partial charge in [0.15, 0.2) is 0 Å². The van der Waals surface area contributed by atoms with Gasteiger partial charge in [-0.25, -0.2) is 0 Å². The fraction of sp³-hybridized carbons (Fsp3) is 0.476. The van der Waals surface area contributed by atoms with Crippen molar-refractivity contribution in [1.29, 1.82) is 0 Å². The summed E-state index contributed by atoms with van der Waals surface area (Å²) in [6.45, 7) is 34.1. The standard InChI is InChI=1S/C17H31N.C16H23N.C9H12O/c1-12(2)9-17(13(3)4)10-15(7)16(8)11-18-14(5)6;1-14(9-5-3-6-10-15(2)17)13-16-11-7-4-8-12-16;1-7-4-5-9(10-3)8(2)6-7/h12,16-18H,3,5,7,9-11H2,1-2,4,6,8H3;4,6-8,10-12,14H,2-3,5,9,13,17H2,1H3;4-6H,1-3H3/b;10-6+;. The van der Waals surface area contributed by atoms with Crippen LogP contribution >= 0.6 is 0 Å². The number of ether oxygens (including phenoxy) is 1. The van der Waals surface area contributed by atoms with E-state index < -0.39 is 0 Å². The van der Waals surface area contributed by atoms with E-state index in [-0.39, 0.29) is 0 Å². The van der Waals surface area contributed by atoms with Crippen molar-refractivity contribution in [3.8, 4) is 5.75 Å². The summed E-state index contributed by atoms with van der Waals surface area (Å²) in [5.41, 5.74) is 13.6. The maximum Gasteiger partial charge on any atom is 0.121 e. The lowest BCUT2D eigenvalue weighted by Crippen LogP contribution is -2.21. The number of hydrogen-bond donors (Lipinski definition) is 2. The summed E-state index contributed by atoms with van der Waals surface area (Å²) in [5, 5.41) is 3.29. The summed E-state index contributed by atoms with van der Waals surface area (Å²) in [6.07, 6.45) is 11.0. The molecule has 2 aromatic rings. The number of aryl methyl sites for hydroxylation is 2. The summed E-state index contributed by atoms with van der Waals surface area (Å²) in [5.74, 6) is 3.47. The normalized spacial score (nSPS) is 12.6. The second-order valence-electron chi connectivity index (χ2n) is 13.3. The van der Waals surface area contributed by atoms with E-state index in [0.717, 1.165) is 36.8 Å². The van der Waals surface area contributed by atoms with E-state index in [0.29, 0.717) is 23.5 Å². The van der Waals surface area contributed by atoms with Crippen LogP contribution in [0.4, 0.5) is 0 Å². The second-order valence-corrected chi connectivity index (χ2v) is 13.3. The van der Waals surface area contributed by atoms with Gasteiger partial charge in [-0.2, -0.15) is 0 Å². The number of rotatable bonds is 17. The third-order valence-electron chi connectivity index (χ3n) is 7.75. The van der Waals surface area contributed by atoms with Crippen LogP contribution in [0.5, 0.6) is 5.75 Å². The molecule has 0 amide bonds. The monoisotopic (exact) mass is 615 g/mol. The Bertz CT molecular complexity index is 1170. The lowest BCUT2D eigenvalue weighted by Gasteiger charge is -2.24. The second kappa shape index (κ2) is 23.9. The first-order chi connectivity index (χ1) is 21.2. The zero-order valence-electron chi connectivity index (χ0n) is 30.3.